The number of hydrogen-bond donors (Lipinski definition) is 0. The molecule has 0 N–H and O–H groups in total. The molecule has 1 atom stereocenters. The predicted octanol–water partition coefficient (Wildman–Crippen LogP) is 4.63. The van der Waals surface area contributed by atoms with Crippen molar-refractivity contribution in [3.05, 3.63) is 94.8 Å². The SMILES string of the molecule is COC(=O)[C@H](C)Oc1cccc(C=Nn2c(-c3cc4ccccc4o3)nc3ccccc3c2=O)c1. The van der Waals surface area contributed by atoms with Gasteiger partial charge in [-0.15, -0.1) is 0 Å². The third kappa shape index (κ3) is 4.41. The number of methoxy groups -OCH3 is 1. The van der Waals surface area contributed by atoms with Crippen LogP contribution in [-0.2, 0) is 9.53 Å². The van der Waals surface area contributed by atoms with Crippen molar-refractivity contribution >= 4 is 34.1 Å². The van der Waals surface area contributed by atoms with Gasteiger partial charge in [-0.1, -0.05) is 42.5 Å². The number of rotatable bonds is 6. The van der Waals surface area contributed by atoms with E-state index in [1.807, 2.05) is 36.4 Å². The first-order valence-electron chi connectivity index (χ1n) is 10.9. The van der Waals surface area contributed by atoms with E-state index in [9.17, 15) is 9.59 Å². The van der Waals surface area contributed by atoms with E-state index in [2.05, 4.69) is 10.1 Å². The van der Waals surface area contributed by atoms with Crippen molar-refractivity contribution in [3.8, 4) is 17.3 Å². The van der Waals surface area contributed by atoms with Crippen LogP contribution in [0.25, 0.3) is 33.5 Å². The fourth-order valence-electron chi connectivity index (χ4n) is 3.69. The van der Waals surface area contributed by atoms with E-state index in [-0.39, 0.29) is 11.4 Å². The van der Waals surface area contributed by atoms with Gasteiger partial charge in [0, 0.05) is 5.39 Å². The van der Waals surface area contributed by atoms with Crippen LogP contribution in [0.3, 0.4) is 0 Å². The van der Waals surface area contributed by atoms with E-state index in [1.165, 1.54) is 18.0 Å². The molecular formula is C27H21N3O5. The number of para-hydroxylation sites is 2. The Balaban J connectivity index is 1.58. The highest BCUT2D eigenvalue weighted by Crippen LogP contribution is 2.27. The second kappa shape index (κ2) is 9.26. The third-order valence-corrected chi connectivity index (χ3v) is 5.43. The van der Waals surface area contributed by atoms with Crippen molar-refractivity contribution in [3.63, 3.8) is 0 Å². The van der Waals surface area contributed by atoms with Gasteiger partial charge in [-0.3, -0.25) is 4.79 Å². The van der Waals surface area contributed by atoms with Gasteiger partial charge in [-0.05, 0) is 48.9 Å². The van der Waals surface area contributed by atoms with Crippen LogP contribution in [0.15, 0.2) is 93.2 Å². The van der Waals surface area contributed by atoms with Crippen LogP contribution in [-0.4, -0.2) is 35.1 Å². The average Bonchev–Trinajstić information content (AvgIpc) is 3.32. The molecule has 0 aliphatic rings. The first-order chi connectivity index (χ1) is 17.0. The summed E-state index contributed by atoms with van der Waals surface area (Å²) in [6, 6.07) is 23.5. The standard InChI is InChI=1S/C27H21N3O5/c1-17(27(32)33-2)34-20-10-7-8-18(14-20)16-28-30-25(24-15-19-9-3-6-13-23(19)35-24)29-22-12-5-4-11-21(22)26(30)31/h3-17H,1-2H3/t17-/m0/s1. The van der Waals surface area contributed by atoms with Gasteiger partial charge in [0.25, 0.3) is 5.56 Å². The van der Waals surface area contributed by atoms with Gasteiger partial charge >= 0.3 is 5.97 Å². The molecule has 35 heavy (non-hydrogen) atoms. The van der Waals surface area contributed by atoms with Crippen LogP contribution in [0.5, 0.6) is 5.75 Å². The lowest BCUT2D eigenvalue weighted by molar-refractivity contribution is -0.147. The monoisotopic (exact) mass is 467 g/mol. The van der Waals surface area contributed by atoms with Crippen molar-refractivity contribution in [2.45, 2.75) is 13.0 Å². The van der Waals surface area contributed by atoms with Gasteiger partial charge in [0.2, 0.25) is 5.82 Å². The van der Waals surface area contributed by atoms with Crippen molar-refractivity contribution in [2.24, 2.45) is 5.10 Å². The van der Waals surface area contributed by atoms with E-state index < -0.39 is 12.1 Å². The smallest absolute Gasteiger partial charge is 0.346 e. The fraction of sp³-hybridized carbons (Fsp3) is 0.111. The lowest BCUT2D eigenvalue weighted by atomic mass is 10.2. The maximum atomic E-state index is 13.4. The highest BCUT2D eigenvalue weighted by Gasteiger charge is 2.17. The number of benzene rings is 3. The maximum Gasteiger partial charge on any atom is 0.346 e. The van der Waals surface area contributed by atoms with Gasteiger partial charge in [0.15, 0.2) is 11.9 Å². The van der Waals surface area contributed by atoms with E-state index in [0.29, 0.717) is 33.6 Å². The quantitative estimate of drug-likeness (QED) is 0.267. The van der Waals surface area contributed by atoms with E-state index in [1.54, 1.807) is 49.4 Å². The molecule has 0 fully saturated rings. The van der Waals surface area contributed by atoms with Crippen LogP contribution in [0.1, 0.15) is 12.5 Å². The molecule has 5 rings (SSSR count). The summed E-state index contributed by atoms with van der Waals surface area (Å²) in [5, 5.41) is 5.79. The average molecular weight is 467 g/mol. The van der Waals surface area contributed by atoms with Gasteiger partial charge in [0.1, 0.15) is 11.3 Å². The Bertz CT molecular complexity index is 1600. The van der Waals surface area contributed by atoms with Crippen LogP contribution in [0, 0.1) is 0 Å². The summed E-state index contributed by atoms with van der Waals surface area (Å²) in [4.78, 5) is 29.7. The molecule has 0 spiro atoms. The topological polar surface area (TPSA) is 95.9 Å². The zero-order chi connectivity index (χ0) is 24.4. The molecule has 0 aliphatic heterocycles. The molecule has 8 nitrogen and oxygen atoms in total. The molecule has 0 amide bonds. The van der Waals surface area contributed by atoms with Crippen LogP contribution >= 0.6 is 0 Å². The van der Waals surface area contributed by atoms with Crippen LogP contribution in [0.2, 0.25) is 0 Å². The molecule has 5 aromatic rings. The number of carbonyl (C=O) groups excluding carboxylic acids is 1. The fourth-order valence-corrected chi connectivity index (χ4v) is 3.69. The number of fused-ring (bicyclic) bond motifs is 2. The number of hydrogen-bond acceptors (Lipinski definition) is 7. The molecule has 0 saturated heterocycles. The Morgan fingerprint density at radius 3 is 2.69 bits per heavy atom. The molecule has 3 aromatic carbocycles. The summed E-state index contributed by atoms with van der Waals surface area (Å²) in [5.74, 6) is 0.699. The van der Waals surface area contributed by atoms with Gasteiger partial charge in [-0.25, -0.2) is 9.78 Å². The highest BCUT2D eigenvalue weighted by molar-refractivity contribution is 5.85. The highest BCUT2D eigenvalue weighted by atomic mass is 16.6. The summed E-state index contributed by atoms with van der Waals surface area (Å²) in [5.41, 5.74) is 1.57. The van der Waals surface area contributed by atoms with Crippen molar-refractivity contribution in [1.29, 1.82) is 0 Å². The summed E-state index contributed by atoms with van der Waals surface area (Å²) in [6.07, 6.45) is 0.763. The van der Waals surface area contributed by atoms with E-state index in [0.717, 1.165) is 5.39 Å². The van der Waals surface area contributed by atoms with Crippen LogP contribution in [0.4, 0.5) is 0 Å². The zero-order valence-corrected chi connectivity index (χ0v) is 19.0. The first-order valence-corrected chi connectivity index (χ1v) is 10.9. The summed E-state index contributed by atoms with van der Waals surface area (Å²) in [6.45, 7) is 1.60. The minimum atomic E-state index is -0.765. The third-order valence-electron chi connectivity index (χ3n) is 5.43. The molecule has 2 heterocycles. The molecule has 0 unspecified atom stereocenters. The van der Waals surface area contributed by atoms with Gasteiger partial charge in [0.05, 0.1) is 24.2 Å². The minimum absolute atomic E-state index is 0.285. The summed E-state index contributed by atoms with van der Waals surface area (Å²) >= 11 is 0. The molecular weight excluding hydrogens is 446 g/mol. The Hall–Kier alpha value is -4.72. The number of furan rings is 1. The second-order valence-electron chi connectivity index (χ2n) is 7.82. The number of esters is 1. The number of carbonyl (C=O) groups is 1. The second-order valence-corrected chi connectivity index (χ2v) is 7.82. The van der Waals surface area contributed by atoms with Crippen molar-refractivity contribution in [2.75, 3.05) is 7.11 Å². The number of ether oxygens (including phenoxy) is 2. The van der Waals surface area contributed by atoms with Gasteiger partial charge in [-0.2, -0.15) is 9.78 Å². The Labute approximate surface area is 200 Å². The van der Waals surface area contributed by atoms with Crippen molar-refractivity contribution in [1.82, 2.24) is 9.66 Å². The lowest BCUT2D eigenvalue weighted by Crippen LogP contribution is -2.24. The van der Waals surface area contributed by atoms with Crippen molar-refractivity contribution < 1.29 is 18.7 Å². The molecule has 8 heteroatoms. The zero-order valence-electron chi connectivity index (χ0n) is 19.0. The summed E-state index contributed by atoms with van der Waals surface area (Å²) < 4.78 is 17.6. The lowest BCUT2D eigenvalue weighted by Gasteiger charge is -2.12. The van der Waals surface area contributed by atoms with E-state index >= 15 is 0 Å². The van der Waals surface area contributed by atoms with Crippen LogP contribution < -0.4 is 10.3 Å². The maximum absolute atomic E-state index is 13.4. The molecule has 0 aliphatic carbocycles. The molecule has 0 bridgehead atoms. The molecule has 2 aromatic heterocycles. The molecule has 0 saturated carbocycles. The largest absolute Gasteiger partial charge is 0.479 e. The predicted molar refractivity (Wildman–Crippen MR) is 133 cm³/mol. The molecule has 0 radical (unpaired) electrons. The number of nitrogens with zero attached hydrogens (tertiary/aromatic N) is 3. The Morgan fingerprint density at radius 2 is 1.86 bits per heavy atom. The normalized spacial score (nSPS) is 12.3. The Morgan fingerprint density at radius 1 is 1.06 bits per heavy atom. The van der Waals surface area contributed by atoms with E-state index in [4.69, 9.17) is 13.9 Å². The number of aromatic nitrogens is 2. The Kier molecular flexibility index (Phi) is 5.85. The summed E-state index contributed by atoms with van der Waals surface area (Å²) in [7, 11) is 1.31. The first kappa shape index (κ1) is 22.1. The molecule has 174 valence electrons. The minimum Gasteiger partial charge on any atom is -0.479 e. The van der Waals surface area contributed by atoms with Gasteiger partial charge < -0.3 is 13.9 Å².